The molecule has 0 fully saturated rings. The predicted molar refractivity (Wildman–Crippen MR) is 135 cm³/mol. The summed E-state index contributed by atoms with van der Waals surface area (Å²) in [6.07, 6.45) is 4.43. The molecule has 31 heavy (non-hydrogen) atoms. The molecule has 0 spiro atoms. The van der Waals surface area contributed by atoms with Gasteiger partial charge in [-0.3, -0.25) is 0 Å². The topological polar surface area (TPSA) is 15.8 Å². The zero-order valence-electron chi connectivity index (χ0n) is 18.2. The van der Waals surface area contributed by atoms with Crippen molar-refractivity contribution in [1.82, 2.24) is 4.98 Å². The lowest BCUT2D eigenvalue weighted by atomic mass is 9.85. The van der Waals surface area contributed by atoms with Crippen LogP contribution in [0.25, 0.3) is 49.3 Å². The quantitative estimate of drug-likeness (QED) is 0.308. The Kier molecular flexibility index (Phi) is 3.94. The molecule has 0 aliphatic rings. The monoisotopic (exact) mass is 399 g/mol. The standard InChI is InChI=1S/C30H25N/c1-4-20-11-15-25-23(14-12-22-10-9-18(2)28(20)29(22)25)19(3)26-17-31-27-16-13-21-7-5-6-8-24(21)30(26)27/h4-17,19,31H,1-3H3/b20-4-. The Balaban J connectivity index is 1.67. The van der Waals surface area contributed by atoms with Gasteiger partial charge in [-0.1, -0.05) is 79.7 Å². The van der Waals surface area contributed by atoms with Crippen molar-refractivity contribution in [3.05, 3.63) is 101 Å². The number of nitrogens with one attached hydrogen (secondary N) is 1. The van der Waals surface area contributed by atoms with Crippen LogP contribution in [0.4, 0.5) is 0 Å². The fourth-order valence-electron chi connectivity index (χ4n) is 5.43. The van der Waals surface area contributed by atoms with E-state index in [0.717, 1.165) is 0 Å². The smallest absolute Gasteiger partial charge is 0.0463 e. The maximum absolute atomic E-state index is 3.53. The van der Waals surface area contributed by atoms with E-state index in [2.05, 4.69) is 111 Å². The molecule has 1 unspecified atom stereocenters. The summed E-state index contributed by atoms with van der Waals surface area (Å²) in [5.41, 5.74) is 5.30. The molecule has 6 aromatic rings. The van der Waals surface area contributed by atoms with Gasteiger partial charge in [-0.05, 0) is 74.1 Å². The van der Waals surface area contributed by atoms with Crippen molar-refractivity contribution in [3.63, 3.8) is 0 Å². The maximum Gasteiger partial charge on any atom is 0.0463 e. The van der Waals surface area contributed by atoms with Gasteiger partial charge in [-0.25, -0.2) is 0 Å². The number of hydrogen-bond donors (Lipinski definition) is 1. The third-order valence-corrected chi connectivity index (χ3v) is 7.03. The van der Waals surface area contributed by atoms with E-state index in [1.54, 1.807) is 0 Å². The first-order valence-electron chi connectivity index (χ1n) is 11.1. The zero-order valence-corrected chi connectivity index (χ0v) is 18.2. The Morgan fingerprint density at radius 3 is 2.39 bits per heavy atom. The fraction of sp³-hybridized carbons (Fsp3) is 0.133. The van der Waals surface area contributed by atoms with Gasteiger partial charge in [0.2, 0.25) is 0 Å². The lowest BCUT2D eigenvalue weighted by Crippen LogP contribution is -2.05. The summed E-state index contributed by atoms with van der Waals surface area (Å²) in [4.78, 5) is 3.53. The second-order valence-electron chi connectivity index (χ2n) is 8.68. The molecule has 150 valence electrons. The van der Waals surface area contributed by atoms with E-state index in [9.17, 15) is 0 Å². The number of aromatic nitrogens is 1. The molecule has 0 aliphatic carbocycles. The van der Waals surface area contributed by atoms with Gasteiger partial charge in [0.15, 0.2) is 0 Å². The molecule has 0 aliphatic heterocycles. The second kappa shape index (κ2) is 6.72. The summed E-state index contributed by atoms with van der Waals surface area (Å²) >= 11 is 0. The third-order valence-electron chi connectivity index (χ3n) is 7.03. The van der Waals surface area contributed by atoms with Gasteiger partial charge < -0.3 is 4.98 Å². The minimum atomic E-state index is 0.282. The van der Waals surface area contributed by atoms with Crippen LogP contribution in [-0.2, 0) is 0 Å². The highest BCUT2D eigenvalue weighted by Gasteiger charge is 2.19. The number of aryl methyl sites for hydroxylation is 1. The highest BCUT2D eigenvalue weighted by atomic mass is 14.7. The Labute approximate surface area is 182 Å². The van der Waals surface area contributed by atoms with Gasteiger partial charge in [0.05, 0.1) is 0 Å². The maximum atomic E-state index is 3.53. The van der Waals surface area contributed by atoms with E-state index in [1.807, 2.05) is 0 Å². The Hall–Kier alpha value is -3.58. The second-order valence-corrected chi connectivity index (χ2v) is 8.68. The Morgan fingerprint density at radius 1 is 0.710 bits per heavy atom. The molecule has 0 amide bonds. The highest BCUT2D eigenvalue weighted by molar-refractivity contribution is 6.13. The largest absolute Gasteiger partial charge is 0.361 e. The number of benzene rings is 5. The van der Waals surface area contributed by atoms with Crippen molar-refractivity contribution in [2.75, 3.05) is 0 Å². The SMILES string of the molecule is C/C=c1/ccc2c(C(C)c3c[nH]c4ccc5ccccc5c34)ccc3ccc(C)c1c32. The van der Waals surface area contributed by atoms with Gasteiger partial charge in [0.1, 0.15) is 0 Å². The summed E-state index contributed by atoms with van der Waals surface area (Å²) in [5, 5.41) is 10.7. The molecule has 1 nitrogen and oxygen atoms in total. The highest BCUT2D eigenvalue weighted by Crippen LogP contribution is 2.39. The molecule has 0 saturated heterocycles. The number of aromatic amines is 1. The third kappa shape index (κ3) is 2.56. The van der Waals surface area contributed by atoms with Crippen LogP contribution in [0.15, 0.2) is 79.0 Å². The average Bonchev–Trinajstić information content (AvgIpc) is 3.25. The number of hydrogen-bond acceptors (Lipinski definition) is 0. The summed E-state index contributed by atoms with van der Waals surface area (Å²) in [6.45, 7) is 6.70. The fourth-order valence-corrected chi connectivity index (χ4v) is 5.43. The Bertz CT molecular complexity index is 1670. The molecule has 0 bridgehead atoms. The molecular formula is C30H25N. The molecular weight excluding hydrogens is 374 g/mol. The van der Waals surface area contributed by atoms with Crippen molar-refractivity contribution in [2.24, 2.45) is 0 Å². The molecule has 1 atom stereocenters. The van der Waals surface area contributed by atoms with E-state index in [0.29, 0.717) is 0 Å². The van der Waals surface area contributed by atoms with Crippen LogP contribution in [0, 0.1) is 6.92 Å². The minimum absolute atomic E-state index is 0.282. The van der Waals surface area contributed by atoms with Crippen LogP contribution in [0.1, 0.15) is 36.5 Å². The van der Waals surface area contributed by atoms with E-state index >= 15 is 0 Å². The van der Waals surface area contributed by atoms with Gasteiger partial charge >= 0.3 is 0 Å². The first-order chi connectivity index (χ1) is 15.2. The minimum Gasteiger partial charge on any atom is -0.361 e. The van der Waals surface area contributed by atoms with Gasteiger partial charge in [0, 0.05) is 23.0 Å². The predicted octanol–water partition coefficient (Wildman–Crippen LogP) is 7.61. The molecule has 0 saturated carbocycles. The van der Waals surface area contributed by atoms with Gasteiger partial charge in [0.25, 0.3) is 0 Å². The normalized spacial score (nSPS) is 13.7. The molecule has 1 aromatic heterocycles. The number of H-pyrrole nitrogens is 1. The van der Waals surface area contributed by atoms with Crippen molar-refractivity contribution in [2.45, 2.75) is 26.7 Å². The average molecular weight is 400 g/mol. The first-order valence-corrected chi connectivity index (χ1v) is 11.1. The van der Waals surface area contributed by atoms with Crippen LogP contribution in [0.3, 0.4) is 0 Å². The molecule has 6 rings (SSSR count). The van der Waals surface area contributed by atoms with Crippen LogP contribution in [-0.4, -0.2) is 4.98 Å². The van der Waals surface area contributed by atoms with Crippen LogP contribution in [0.5, 0.6) is 0 Å². The zero-order chi connectivity index (χ0) is 21.1. The van der Waals surface area contributed by atoms with Crippen LogP contribution in [0.2, 0.25) is 0 Å². The van der Waals surface area contributed by atoms with Crippen LogP contribution >= 0.6 is 0 Å². The van der Waals surface area contributed by atoms with E-state index in [-0.39, 0.29) is 5.92 Å². The van der Waals surface area contributed by atoms with Crippen molar-refractivity contribution >= 4 is 49.3 Å². The molecule has 5 aromatic carbocycles. The molecule has 0 radical (unpaired) electrons. The Morgan fingerprint density at radius 2 is 1.52 bits per heavy atom. The van der Waals surface area contributed by atoms with E-state index in [4.69, 9.17) is 0 Å². The van der Waals surface area contributed by atoms with E-state index < -0.39 is 0 Å². The van der Waals surface area contributed by atoms with Gasteiger partial charge in [-0.2, -0.15) is 0 Å². The lowest BCUT2D eigenvalue weighted by Gasteiger charge is -2.18. The molecule has 1 heterocycles. The lowest BCUT2D eigenvalue weighted by molar-refractivity contribution is 0.944. The summed E-state index contributed by atoms with van der Waals surface area (Å²) in [6, 6.07) is 26.9. The molecule has 1 heteroatoms. The molecule has 1 N–H and O–H groups in total. The summed E-state index contributed by atoms with van der Waals surface area (Å²) in [7, 11) is 0. The number of fused-ring (bicyclic) bond motifs is 3. The van der Waals surface area contributed by atoms with E-state index in [1.165, 1.54) is 65.1 Å². The number of rotatable bonds is 2. The van der Waals surface area contributed by atoms with Crippen molar-refractivity contribution < 1.29 is 0 Å². The van der Waals surface area contributed by atoms with Gasteiger partial charge in [-0.15, -0.1) is 0 Å². The van der Waals surface area contributed by atoms with Crippen molar-refractivity contribution in [1.29, 1.82) is 0 Å². The first kappa shape index (κ1) is 18.2. The van der Waals surface area contributed by atoms with Crippen molar-refractivity contribution in [3.8, 4) is 0 Å². The summed E-state index contributed by atoms with van der Waals surface area (Å²) < 4.78 is 0. The van der Waals surface area contributed by atoms with Crippen LogP contribution < -0.4 is 5.22 Å². The summed E-state index contributed by atoms with van der Waals surface area (Å²) in [5.74, 6) is 0.282.